The Morgan fingerprint density at radius 3 is 2.35 bits per heavy atom. The summed E-state index contributed by atoms with van der Waals surface area (Å²) in [5.41, 5.74) is 2.69. The number of pyridine rings is 1. The van der Waals surface area contributed by atoms with Crippen molar-refractivity contribution in [1.82, 2.24) is 15.1 Å². The average molecular weight is 342 g/mol. The molecule has 4 rings (SSSR count). The van der Waals surface area contributed by atoms with Crippen LogP contribution in [0.25, 0.3) is 22.8 Å². The molecule has 1 amide bonds. The number of carbonyl (C=O) groups is 1. The number of aromatic nitrogens is 3. The van der Waals surface area contributed by atoms with E-state index in [9.17, 15) is 4.79 Å². The van der Waals surface area contributed by atoms with E-state index in [0.29, 0.717) is 23.1 Å². The maximum Gasteiger partial charge on any atom is 0.274 e. The van der Waals surface area contributed by atoms with E-state index in [2.05, 4.69) is 20.4 Å². The summed E-state index contributed by atoms with van der Waals surface area (Å²) in [5.74, 6) is 0.696. The topological polar surface area (TPSA) is 80.9 Å². The van der Waals surface area contributed by atoms with Gasteiger partial charge in [0.2, 0.25) is 5.82 Å². The third kappa shape index (κ3) is 3.34. The second-order valence-electron chi connectivity index (χ2n) is 5.54. The highest BCUT2D eigenvalue weighted by Crippen LogP contribution is 2.23. The van der Waals surface area contributed by atoms with Crippen LogP contribution in [0.5, 0.6) is 0 Å². The molecule has 0 radical (unpaired) electrons. The van der Waals surface area contributed by atoms with Crippen molar-refractivity contribution >= 4 is 11.6 Å². The Morgan fingerprint density at radius 2 is 1.62 bits per heavy atom. The van der Waals surface area contributed by atoms with Gasteiger partial charge in [0.05, 0.1) is 0 Å². The summed E-state index contributed by atoms with van der Waals surface area (Å²) in [7, 11) is 0. The van der Waals surface area contributed by atoms with Gasteiger partial charge in [-0.1, -0.05) is 41.6 Å². The Balaban J connectivity index is 1.50. The minimum absolute atomic E-state index is 0.262. The first-order valence-electron chi connectivity index (χ1n) is 8.01. The first-order valence-corrected chi connectivity index (χ1v) is 8.01. The van der Waals surface area contributed by atoms with Gasteiger partial charge in [0.15, 0.2) is 0 Å². The summed E-state index contributed by atoms with van der Waals surface area (Å²) < 4.78 is 5.34. The third-order valence-corrected chi connectivity index (χ3v) is 3.75. The Labute approximate surface area is 149 Å². The molecule has 2 aromatic heterocycles. The van der Waals surface area contributed by atoms with Crippen LogP contribution in [0.3, 0.4) is 0 Å². The lowest BCUT2D eigenvalue weighted by atomic mass is 10.2. The van der Waals surface area contributed by atoms with E-state index in [1.807, 2.05) is 42.5 Å². The molecule has 0 aliphatic heterocycles. The van der Waals surface area contributed by atoms with Crippen LogP contribution in [0.4, 0.5) is 5.69 Å². The standard InChI is InChI=1S/C20H14N4O2/c25-19(17-8-4-5-13-21-17)22-16-11-9-15(10-12-16)20-23-18(24-26-20)14-6-2-1-3-7-14/h1-13H,(H,22,25). The molecule has 126 valence electrons. The number of amides is 1. The lowest BCUT2D eigenvalue weighted by Crippen LogP contribution is -2.13. The molecule has 0 aliphatic rings. The molecular formula is C20H14N4O2. The molecule has 1 N–H and O–H groups in total. The quantitative estimate of drug-likeness (QED) is 0.605. The summed E-state index contributed by atoms with van der Waals surface area (Å²) >= 11 is 0. The number of benzene rings is 2. The molecular weight excluding hydrogens is 328 g/mol. The maximum absolute atomic E-state index is 12.1. The number of nitrogens with zero attached hydrogens (tertiary/aromatic N) is 3. The van der Waals surface area contributed by atoms with E-state index in [1.54, 1.807) is 36.5 Å². The van der Waals surface area contributed by atoms with Gasteiger partial charge in [-0.05, 0) is 36.4 Å². The van der Waals surface area contributed by atoms with Crippen molar-refractivity contribution in [1.29, 1.82) is 0 Å². The number of anilines is 1. The van der Waals surface area contributed by atoms with Gasteiger partial charge in [-0.3, -0.25) is 9.78 Å². The van der Waals surface area contributed by atoms with Crippen molar-refractivity contribution in [2.75, 3.05) is 5.32 Å². The van der Waals surface area contributed by atoms with Gasteiger partial charge in [0, 0.05) is 23.0 Å². The van der Waals surface area contributed by atoms with Gasteiger partial charge in [-0.15, -0.1) is 0 Å². The van der Waals surface area contributed by atoms with Crippen LogP contribution >= 0.6 is 0 Å². The molecule has 2 heterocycles. The fraction of sp³-hybridized carbons (Fsp3) is 0. The second kappa shape index (κ2) is 6.98. The van der Waals surface area contributed by atoms with Gasteiger partial charge in [-0.2, -0.15) is 4.98 Å². The number of hydrogen-bond acceptors (Lipinski definition) is 5. The summed E-state index contributed by atoms with van der Waals surface area (Å²) in [4.78, 5) is 20.6. The smallest absolute Gasteiger partial charge is 0.274 e. The zero-order valence-electron chi connectivity index (χ0n) is 13.7. The fourth-order valence-corrected chi connectivity index (χ4v) is 2.43. The van der Waals surface area contributed by atoms with Crippen LogP contribution < -0.4 is 5.32 Å². The Hall–Kier alpha value is -3.80. The Morgan fingerprint density at radius 1 is 0.846 bits per heavy atom. The summed E-state index contributed by atoms with van der Waals surface area (Å²) in [6, 6.07) is 22.0. The van der Waals surface area contributed by atoms with E-state index in [0.717, 1.165) is 11.1 Å². The highest BCUT2D eigenvalue weighted by atomic mass is 16.5. The van der Waals surface area contributed by atoms with E-state index in [4.69, 9.17) is 4.52 Å². The molecule has 0 unspecified atom stereocenters. The molecule has 0 bridgehead atoms. The van der Waals surface area contributed by atoms with Crippen molar-refractivity contribution in [3.8, 4) is 22.8 Å². The van der Waals surface area contributed by atoms with E-state index in [-0.39, 0.29) is 5.91 Å². The number of carbonyl (C=O) groups excluding carboxylic acids is 1. The van der Waals surface area contributed by atoms with Gasteiger partial charge in [0.1, 0.15) is 5.69 Å². The molecule has 0 saturated heterocycles. The van der Waals surface area contributed by atoms with Crippen LogP contribution in [-0.4, -0.2) is 21.0 Å². The first-order chi connectivity index (χ1) is 12.8. The second-order valence-corrected chi connectivity index (χ2v) is 5.54. The monoisotopic (exact) mass is 342 g/mol. The van der Waals surface area contributed by atoms with Crippen LogP contribution in [0.15, 0.2) is 83.5 Å². The molecule has 0 atom stereocenters. The molecule has 0 fully saturated rings. The highest BCUT2D eigenvalue weighted by Gasteiger charge is 2.11. The number of nitrogens with one attached hydrogen (secondary N) is 1. The number of hydrogen-bond donors (Lipinski definition) is 1. The Bertz CT molecular complexity index is 1010. The summed E-state index contributed by atoms with van der Waals surface area (Å²) in [6.07, 6.45) is 1.58. The predicted octanol–water partition coefficient (Wildman–Crippen LogP) is 4.05. The summed E-state index contributed by atoms with van der Waals surface area (Å²) in [6.45, 7) is 0. The molecule has 2 aromatic carbocycles. The van der Waals surface area contributed by atoms with Crippen molar-refractivity contribution in [3.63, 3.8) is 0 Å². The molecule has 0 aliphatic carbocycles. The molecule has 6 nitrogen and oxygen atoms in total. The zero-order chi connectivity index (χ0) is 17.8. The lowest BCUT2D eigenvalue weighted by molar-refractivity contribution is 0.102. The van der Waals surface area contributed by atoms with Gasteiger partial charge in [0.25, 0.3) is 11.8 Å². The third-order valence-electron chi connectivity index (χ3n) is 3.75. The minimum atomic E-state index is -0.262. The lowest BCUT2D eigenvalue weighted by Gasteiger charge is -2.04. The zero-order valence-corrected chi connectivity index (χ0v) is 13.7. The molecule has 0 spiro atoms. The minimum Gasteiger partial charge on any atom is -0.334 e. The first kappa shape index (κ1) is 15.7. The van der Waals surface area contributed by atoms with Crippen molar-refractivity contribution in [3.05, 3.63) is 84.7 Å². The predicted molar refractivity (Wildman–Crippen MR) is 97.4 cm³/mol. The number of rotatable bonds is 4. The van der Waals surface area contributed by atoms with Gasteiger partial charge >= 0.3 is 0 Å². The van der Waals surface area contributed by atoms with Gasteiger partial charge in [-0.25, -0.2) is 0 Å². The van der Waals surface area contributed by atoms with Crippen molar-refractivity contribution in [2.24, 2.45) is 0 Å². The maximum atomic E-state index is 12.1. The normalized spacial score (nSPS) is 10.5. The van der Waals surface area contributed by atoms with E-state index < -0.39 is 0 Å². The summed E-state index contributed by atoms with van der Waals surface area (Å²) in [5, 5.41) is 6.81. The van der Waals surface area contributed by atoms with Crippen LogP contribution in [0.2, 0.25) is 0 Å². The van der Waals surface area contributed by atoms with E-state index in [1.165, 1.54) is 0 Å². The van der Waals surface area contributed by atoms with Crippen LogP contribution in [0, 0.1) is 0 Å². The molecule has 4 aromatic rings. The average Bonchev–Trinajstić information content (AvgIpc) is 3.20. The highest BCUT2D eigenvalue weighted by molar-refractivity contribution is 6.02. The molecule has 6 heteroatoms. The fourth-order valence-electron chi connectivity index (χ4n) is 2.43. The van der Waals surface area contributed by atoms with E-state index >= 15 is 0 Å². The van der Waals surface area contributed by atoms with Crippen molar-refractivity contribution in [2.45, 2.75) is 0 Å². The van der Waals surface area contributed by atoms with Crippen molar-refractivity contribution < 1.29 is 9.32 Å². The Kier molecular flexibility index (Phi) is 4.22. The molecule has 0 saturated carbocycles. The van der Waals surface area contributed by atoms with Crippen LogP contribution in [0.1, 0.15) is 10.5 Å². The largest absolute Gasteiger partial charge is 0.334 e. The van der Waals surface area contributed by atoms with Crippen LogP contribution in [-0.2, 0) is 0 Å². The van der Waals surface area contributed by atoms with Gasteiger partial charge < -0.3 is 9.84 Å². The molecule has 26 heavy (non-hydrogen) atoms. The SMILES string of the molecule is O=C(Nc1ccc(-c2nc(-c3ccccc3)no2)cc1)c1ccccn1.